The number of halogens is 1. The Morgan fingerprint density at radius 1 is 1.30 bits per heavy atom. The van der Waals surface area contributed by atoms with Crippen molar-refractivity contribution in [3.63, 3.8) is 0 Å². The summed E-state index contributed by atoms with van der Waals surface area (Å²) in [6.45, 7) is 6.96. The van der Waals surface area contributed by atoms with Crippen LogP contribution in [-0.2, 0) is 0 Å². The minimum atomic E-state index is 0.240. The smallest absolute Gasteiger partial charge is 0.225 e. The molecule has 0 aliphatic carbocycles. The highest BCUT2D eigenvalue weighted by atomic mass is 35.5. The lowest BCUT2D eigenvalue weighted by Crippen LogP contribution is -2.02. The molecule has 0 bridgehead atoms. The van der Waals surface area contributed by atoms with E-state index in [1.807, 2.05) is 31.2 Å². The third-order valence-electron chi connectivity index (χ3n) is 3.30. The Morgan fingerprint density at radius 3 is 2.78 bits per heavy atom. The highest BCUT2D eigenvalue weighted by molar-refractivity contribution is 7.17. The molecule has 3 aromatic rings. The Labute approximate surface area is 143 Å². The number of fused-ring (bicyclic) bond motifs is 1. The number of nitrogens with zero attached hydrogens (tertiary/aromatic N) is 2. The van der Waals surface area contributed by atoms with Crippen LogP contribution < -0.4 is 10.1 Å². The third kappa shape index (κ3) is 3.30. The van der Waals surface area contributed by atoms with Crippen molar-refractivity contribution in [1.82, 2.24) is 9.97 Å². The summed E-state index contributed by atoms with van der Waals surface area (Å²) in [6.07, 6.45) is 1.78. The van der Waals surface area contributed by atoms with Crippen LogP contribution in [0.3, 0.4) is 0 Å². The van der Waals surface area contributed by atoms with E-state index < -0.39 is 0 Å². The molecule has 0 unspecified atom stereocenters. The van der Waals surface area contributed by atoms with Gasteiger partial charge in [0.15, 0.2) is 0 Å². The number of aromatic nitrogens is 2. The Morgan fingerprint density at radius 2 is 2.09 bits per heavy atom. The van der Waals surface area contributed by atoms with E-state index in [1.54, 1.807) is 17.4 Å². The molecule has 23 heavy (non-hydrogen) atoms. The predicted molar refractivity (Wildman–Crippen MR) is 97.7 cm³/mol. The molecule has 0 spiro atoms. The summed E-state index contributed by atoms with van der Waals surface area (Å²) in [5.74, 6) is 1.59. The highest BCUT2D eigenvalue weighted by Gasteiger charge is 2.14. The number of rotatable bonds is 6. The molecule has 0 radical (unpaired) electrons. The first-order chi connectivity index (χ1) is 11.2. The topological polar surface area (TPSA) is 47.0 Å². The van der Waals surface area contributed by atoms with Crippen molar-refractivity contribution in [3.05, 3.63) is 47.6 Å². The van der Waals surface area contributed by atoms with Crippen molar-refractivity contribution >= 4 is 39.0 Å². The van der Waals surface area contributed by atoms with Crippen molar-refractivity contribution in [2.24, 2.45) is 0 Å². The highest BCUT2D eigenvalue weighted by Crippen LogP contribution is 2.37. The largest absolute Gasteiger partial charge is 0.494 e. The maximum absolute atomic E-state index is 6.02. The summed E-state index contributed by atoms with van der Waals surface area (Å²) < 4.78 is 5.50. The summed E-state index contributed by atoms with van der Waals surface area (Å²) in [6, 6.07) is 8.02. The minimum Gasteiger partial charge on any atom is -0.494 e. The third-order valence-corrected chi connectivity index (χ3v) is 4.34. The van der Waals surface area contributed by atoms with E-state index in [0.717, 1.165) is 32.9 Å². The lowest BCUT2D eigenvalue weighted by molar-refractivity contribution is 0.340. The zero-order chi connectivity index (χ0) is 16.2. The molecule has 3 rings (SSSR count). The number of benzene rings is 1. The molecule has 0 aliphatic heterocycles. The average molecular weight is 346 g/mol. The quantitative estimate of drug-likeness (QED) is 0.504. The van der Waals surface area contributed by atoms with Gasteiger partial charge in [-0.1, -0.05) is 18.2 Å². The summed E-state index contributed by atoms with van der Waals surface area (Å²) >= 11 is 7.57. The van der Waals surface area contributed by atoms with E-state index in [-0.39, 0.29) is 5.28 Å². The molecule has 0 fully saturated rings. The van der Waals surface area contributed by atoms with Crippen LogP contribution >= 0.6 is 22.9 Å². The van der Waals surface area contributed by atoms with Gasteiger partial charge in [0.2, 0.25) is 5.28 Å². The second kappa shape index (κ2) is 6.98. The number of nitrogens with one attached hydrogen (secondary N) is 1. The van der Waals surface area contributed by atoms with E-state index in [9.17, 15) is 0 Å². The number of ether oxygens (including phenoxy) is 1. The van der Waals surface area contributed by atoms with E-state index in [2.05, 4.69) is 27.2 Å². The van der Waals surface area contributed by atoms with Crippen molar-refractivity contribution < 1.29 is 4.74 Å². The Bertz CT molecular complexity index is 830. The van der Waals surface area contributed by atoms with Gasteiger partial charge < -0.3 is 10.1 Å². The van der Waals surface area contributed by atoms with Crippen LogP contribution in [0.15, 0.2) is 42.3 Å². The molecule has 0 aliphatic rings. The van der Waals surface area contributed by atoms with Gasteiger partial charge in [-0.05, 0) is 36.2 Å². The molecule has 118 valence electrons. The predicted octanol–water partition coefficient (Wildman–Crippen LogP) is 5.01. The van der Waals surface area contributed by atoms with Crippen LogP contribution in [0.4, 0.5) is 5.82 Å². The average Bonchev–Trinajstić information content (AvgIpc) is 2.97. The van der Waals surface area contributed by atoms with Crippen LogP contribution in [0.2, 0.25) is 5.28 Å². The van der Waals surface area contributed by atoms with E-state index in [4.69, 9.17) is 16.3 Å². The van der Waals surface area contributed by atoms with Crippen LogP contribution in [0.5, 0.6) is 5.75 Å². The van der Waals surface area contributed by atoms with Crippen molar-refractivity contribution in [2.45, 2.75) is 6.92 Å². The normalized spacial score (nSPS) is 10.7. The fraction of sp³-hybridized carbons (Fsp3) is 0.176. The Kier molecular flexibility index (Phi) is 4.79. The molecule has 4 nitrogen and oxygen atoms in total. The van der Waals surface area contributed by atoms with Crippen LogP contribution in [-0.4, -0.2) is 23.1 Å². The number of hydrogen-bond acceptors (Lipinski definition) is 5. The summed E-state index contributed by atoms with van der Waals surface area (Å²) in [4.78, 5) is 9.50. The van der Waals surface area contributed by atoms with Crippen molar-refractivity contribution in [1.29, 1.82) is 0 Å². The minimum absolute atomic E-state index is 0.240. The fourth-order valence-electron chi connectivity index (χ4n) is 2.32. The number of hydrogen-bond donors (Lipinski definition) is 1. The Hall–Kier alpha value is -2.11. The first kappa shape index (κ1) is 15.8. The molecule has 0 saturated heterocycles. The van der Waals surface area contributed by atoms with Gasteiger partial charge in [-0.3, -0.25) is 0 Å². The SMILES string of the molecule is C=CCNc1nc(Cl)nc2scc(-c3ccc(OCC)cc3)c12. The van der Waals surface area contributed by atoms with Gasteiger partial charge in [0.05, 0.1) is 12.0 Å². The lowest BCUT2D eigenvalue weighted by Gasteiger charge is -2.08. The molecule has 6 heteroatoms. The molecule has 2 heterocycles. The molecule has 0 amide bonds. The summed E-state index contributed by atoms with van der Waals surface area (Å²) in [5.41, 5.74) is 2.17. The van der Waals surface area contributed by atoms with Gasteiger partial charge in [-0.2, -0.15) is 0 Å². The second-order valence-electron chi connectivity index (χ2n) is 4.80. The van der Waals surface area contributed by atoms with Crippen LogP contribution in [0.1, 0.15) is 6.92 Å². The van der Waals surface area contributed by atoms with Gasteiger partial charge in [-0.15, -0.1) is 17.9 Å². The first-order valence-corrected chi connectivity index (χ1v) is 8.51. The maximum atomic E-state index is 6.02. The lowest BCUT2D eigenvalue weighted by atomic mass is 10.1. The molecular formula is C17H16ClN3OS. The zero-order valence-corrected chi connectivity index (χ0v) is 14.2. The fourth-order valence-corrected chi connectivity index (χ4v) is 3.49. The number of thiophene rings is 1. The van der Waals surface area contributed by atoms with Crippen LogP contribution in [0.25, 0.3) is 21.3 Å². The molecule has 1 aromatic carbocycles. The van der Waals surface area contributed by atoms with Gasteiger partial charge in [-0.25, -0.2) is 9.97 Å². The molecule has 1 N–H and O–H groups in total. The monoisotopic (exact) mass is 345 g/mol. The second-order valence-corrected chi connectivity index (χ2v) is 5.99. The van der Waals surface area contributed by atoms with Crippen molar-refractivity contribution in [3.8, 4) is 16.9 Å². The van der Waals surface area contributed by atoms with E-state index in [1.165, 1.54) is 0 Å². The molecule has 0 saturated carbocycles. The number of anilines is 1. The molecule has 2 aromatic heterocycles. The van der Waals surface area contributed by atoms with E-state index >= 15 is 0 Å². The van der Waals surface area contributed by atoms with Gasteiger partial charge >= 0.3 is 0 Å². The molecular weight excluding hydrogens is 330 g/mol. The molecule has 0 atom stereocenters. The van der Waals surface area contributed by atoms with E-state index in [0.29, 0.717) is 13.2 Å². The maximum Gasteiger partial charge on any atom is 0.225 e. The summed E-state index contributed by atoms with van der Waals surface area (Å²) in [7, 11) is 0. The Balaban J connectivity index is 2.08. The standard InChI is InChI=1S/C17H16ClN3OS/c1-3-9-19-15-14-13(10-23-16(14)21-17(18)20-15)11-5-7-12(8-6-11)22-4-2/h3,5-8,10H,1,4,9H2,2H3,(H,19,20,21). The van der Waals surface area contributed by atoms with Gasteiger partial charge in [0.1, 0.15) is 16.4 Å². The summed E-state index contributed by atoms with van der Waals surface area (Å²) in [5, 5.41) is 6.53. The van der Waals surface area contributed by atoms with Gasteiger partial charge in [0, 0.05) is 17.5 Å². The first-order valence-electron chi connectivity index (χ1n) is 7.25. The van der Waals surface area contributed by atoms with Crippen molar-refractivity contribution in [2.75, 3.05) is 18.5 Å². The van der Waals surface area contributed by atoms with Gasteiger partial charge in [0.25, 0.3) is 0 Å². The zero-order valence-electron chi connectivity index (χ0n) is 12.7. The van der Waals surface area contributed by atoms with Crippen LogP contribution in [0, 0.1) is 0 Å².